The van der Waals surface area contributed by atoms with Gasteiger partial charge in [0.15, 0.2) is 0 Å². The Hall–Kier alpha value is -0.940. The second kappa shape index (κ2) is 21.6. The van der Waals surface area contributed by atoms with Crippen LogP contribution in [-0.2, 0) is 14.3 Å². The summed E-state index contributed by atoms with van der Waals surface area (Å²) in [5, 5.41) is 0. The van der Waals surface area contributed by atoms with E-state index in [1.807, 2.05) is 0 Å². The summed E-state index contributed by atoms with van der Waals surface area (Å²) in [6, 6.07) is 0. The highest BCUT2D eigenvalue weighted by Gasteiger charge is 2.47. The summed E-state index contributed by atoms with van der Waals surface area (Å²) in [5.41, 5.74) is 0.218. The number of unbranched alkanes of at least 4 members (excludes halogenated alkanes) is 15. The molecule has 0 unspecified atom stereocenters. The van der Waals surface area contributed by atoms with Gasteiger partial charge in [-0.2, -0.15) is 0 Å². The first-order valence-corrected chi connectivity index (χ1v) is 21.3. The van der Waals surface area contributed by atoms with Crippen LogP contribution in [-0.4, -0.2) is 62.9 Å². The Bertz CT molecular complexity index is 902. The lowest BCUT2D eigenvalue weighted by atomic mass is 9.71. The van der Waals surface area contributed by atoms with Gasteiger partial charge in [-0.25, -0.2) is 0 Å². The number of likely N-dealkylation sites (tertiary alicyclic amines) is 2. The van der Waals surface area contributed by atoms with Crippen molar-refractivity contribution >= 4 is 11.8 Å². The van der Waals surface area contributed by atoms with E-state index >= 15 is 0 Å². The van der Waals surface area contributed by atoms with E-state index in [1.54, 1.807) is 0 Å². The Morgan fingerprint density at radius 3 is 1.27 bits per heavy atom. The summed E-state index contributed by atoms with van der Waals surface area (Å²) < 4.78 is 6.08. The number of ketones is 1. The van der Waals surface area contributed by atoms with Crippen LogP contribution < -0.4 is 0 Å². The number of hydrogen-bond acceptors (Lipinski definition) is 5. The molecule has 0 atom stereocenters. The third-order valence-corrected chi connectivity index (χ3v) is 12.1. The minimum atomic E-state index is -0.0181. The maximum Gasteiger partial charge on any atom is 0.306 e. The van der Waals surface area contributed by atoms with Crippen molar-refractivity contribution < 1.29 is 14.3 Å². The second-order valence-corrected chi connectivity index (χ2v) is 18.8. The summed E-state index contributed by atoms with van der Waals surface area (Å²) in [6.07, 6.45) is 27.4. The molecule has 0 aromatic rings. The van der Waals surface area contributed by atoms with Gasteiger partial charge in [-0.3, -0.25) is 19.4 Å². The van der Waals surface area contributed by atoms with Crippen molar-refractivity contribution in [3.05, 3.63) is 0 Å². The normalized spacial score (nSPS) is 21.2. The van der Waals surface area contributed by atoms with Crippen molar-refractivity contribution in [3.8, 4) is 0 Å². The van der Waals surface area contributed by atoms with Crippen LogP contribution in [0.15, 0.2) is 0 Å². The largest absolute Gasteiger partial charge is 0.462 e. The predicted octanol–water partition coefficient (Wildman–Crippen LogP) is 12.2. The lowest BCUT2D eigenvalue weighted by Crippen LogP contribution is -2.62. The second-order valence-electron chi connectivity index (χ2n) is 18.8. The molecule has 0 aromatic carbocycles. The van der Waals surface area contributed by atoms with E-state index in [4.69, 9.17) is 4.74 Å². The van der Waals surface area contributed by atoms with Crippen LogP contribution in [0.2, 0.25) is 0 Å². The Morgan fingerprint density at radius 2 is 0.837 bits per heavy atom. The summed E-state index contributed by atoms with van der Waals surface area (Å²) >= 11 is 0. The highest BCUT2D eigenvalue weighted by molar-refractivity contribution is 5.81. The lowest BCUT2D eigenvalue weighted by Gasteiger charge is -2.55. The molecule has 0 saturated carbocycles. The van der Waals surface area contributed by atoms with Gasteiger partial charge < -0.3 is 4.74 Å². The summed E-state index contributed by atoms with van der Waals surface area (Å²) in [6.45, 7) is 25.6. The number of carbonyl (C=O) groups excluding carboxylic acids is 2. The van der Waals surface area contributed by atoms with Crippen molar-refractivity contribution in [3.63, 3.8) is 0 Å². The number of hydrogen-bond donors (Lipinski definition) is 0. The zero-order chi connectivity index (χ0) is 36.6. The van der Waals surface area contributed by atoms with Crippen LogP contribution in [0.4, 0.5) is 0 Å². The van der Waals surface area contributed by atoms with Gasteiger partial charge in [-0.05, 0) is 107 Å². The van der Waals surface area contributed by atoms with E-state index < -0.39 is 0 Å². The zero-order valence-corrected chi connectivity index (χ0v) is 34.7. The predicted molar refractivity (Wildman–Crippen MR) is 210 cm³/mol. The van der Waals surface area contributed by atoms with E-state index in [1.165, 1.54) is 77.0 Å². The highest BCUT2D eigenvalue weighted by Crippen LogP contribution is 2.43. The van der Waals surface area contributed by atoms with Crippen LogP contribution >= 0.6 is 0 Å². The SMILES string of the molecule is CCCCCCCCN1C(C)(C)CC(OC(=O)CCCCCCCCC(=O)C2CC(C)(C)N(CCCCCCCC)C(C)(C)C2)CC1(C)C. The first-order valence-electron chi connectivity index (χ1n) is 21.3. The summed E-state index contributed by atoms with van der Waals surface area (Å²) in [4.78, 5) is 31.5. The maximum absolute atomic E-state index is 13.3. The topological polar surface area (TPSA) is 49.9 Å². The molecular weight excluding hydrogens is 604 g/mol. The molecule has 0 N–H and O–H groups in total. The van der Waals surface area contributed by atoms with Crippen LogP contribution in [0, 0.1) is 5.92 Å². The first-order chi connectivity index (χ1) is 23.1. The molecule has 0 radical (unpaired) electrons. The van der Waals surface area contributed by atoms with Gasteiger partial charge in [0.1, 0.15) is 11.9 Å². The number of rotatable bonds is 25. The van der Waals surface area contributed by atoms with Crippen LogP contribution in [0.5, 0.6) is 0 Å². The third kappa shape index (κ3) is 15.7. The average molecular weight is 689 g/mol. The maximum atomic E-state index is 13.3. The molecular formula is C44H84N2O3. The van der Waals surface area contributed by atoms with Gasteiger partial charge in [0.05, 0.1) is 0 Å². The van der Waals surface area contributed by atoms with Gasteiger partial charge in [-0.15, -0.1) is 0 Å². The standard InChI is InChI=1S/C44H84N2O3/c1-11-13-15-17-23-27-31-45-41(3,4)33-37(34-42(45,5)6)39(47)29-25-21-19-20-22-26-30-40(48)49-38-35-43(7,8)46(44(9,10)36-38)32-28-24-18-16-14-12-2/h37-38H,11-36H2,1-10H3. The van der Waals surface area contributed by atoms with E-state index in [0.29, 0.717) is 12.2 Å². The van der Waals surface area contributed by atoms with Crippen LogP contribution in [0.1, 0.15) is 223 Å². The minimum absolute atomic E-state index is 0.0135. The number of nitrogens with zero attached hydrogens (tertiary/aromatic N) is 2. The summed E-state index contributed by atoms with van der Waals surface area (Å²) in [5.74, 6) is 0.665. The van der Waals surface area contributed by atoms with Gasteiger partial charge >= 0.3 is 5.97 Å². The van der Waals surface area contributed by atoms with Crippen molar-refractivity contribution in [2.75, 3.05) is 13.1 Å². The quantitative estimate of drug-likeness (QED) is 0.0706. The van der Waals surface area contributed by atoms with Crippen molar-refractivity contribution in [1.82, 2.24) is 9.80 Å². The Morgan fingerprint density at radius 1 is 0.490 bits per heavy atom. The molecule has 0 amide bonds. The molecule has 5 heteroatoms. The number of Topliss-reactive ketones (excluding diaryl/α,β-unsaturated/α-hetero) is 1. The molecule has 0 aliphatic carbocycles. The number of esters is 1. The van der Waals surface area contributed by atoms with E-state index in [2.05, 4.69) is 79.0 Å². The lowest BCUT2D eigenvalue weighted by molar-refractivity contribution is -0.160. The first kappa shape index (κ1) is 44.2. The molecule has 2 aliphatic rings. The van der Waals surface area contributed by atoms with Gasteiger partial charge in [0.25, 0.3) is 0 Å². The van der Waals surface area contributed by atoms with Crippen LogP contribution in [0.3, 0.4) is 0 Å². The number of carbonyl (C=O) groups is 2. The monoisotopic (exact) mass is 689 g/mol. The molecule has 2 heterocycles. The highest BCUT2D eigenvalue weighted by atomic mass is 16.5. The molecule has 0 spiro atoms. The average Bonchev–Trinajstić information content (AvgIpc) is 2.98. The van der Waals surface area contributed by atoms with E-state index in [0.717, 1.165) is 83.7 Å². The molecule has 0 aromatic heterocycles. The van der Waals surface area contributed by atoms with Gasteiger partial charge in [-0.1, -0.05) is 104 Å². The van der Waals surface area contributed by atoms with E-state index in [-0.39, 0.29) is 40.1 Å². The molecule has 2 fully saturated rings. The van der Waals surface area contributed by atoms with E-state index in [9.17, 15) is 9.59 Å². The number of ether oxygens (including phenoxy) is 1. The van der Waals surface area contributed by atoms with Crippen LogP contribution in [0.25, 0.3) is 0 Å². The molecule has 2 aliphatic heterocycles. The minimum Gasteiger partial charge on any atom is -0.462 e. The molecule has 49 heavy (non-hydrogen) atoms. The fraction of sp³-hybridized carbons (Fsp3) is 0.955. The third-order valence-electron chi connectivity index (χ3n) is 12.1. The Labute approximate surface area is 305 Å². The van der Waals surface area contributed by atoms with Crippen molar-refractivity contribution in [2.45, 2.75) is 252 Å². The fourth-order valence-electron chi connectivity index (χ4n) is 9.89. The Balaban J connectivity index is 1.61. The number of piperidine rings is 2. The molecule has 5 nitrogen and oxygen atoms in total. The molecule has 2 saturated heterocycles. The molecule has 2 rings (SSSR count). The smallest absolute Gasteiger partial charge is 0.306 e. The fourth-order valence-corrected chi connectivity index (χ4v) is 9.89. The molecule has 0 bridgehead atoms. The molecule has 288 valence electrons. The zero-order valence-electron chi connectivity index (χ0n) is 34.7. The van der Waals surface area contributed by atoms with Crippen molar-refractivity contribution in [2.24, 2.45) is 5.92 Å². The summed E-state index contributed by atoms with van der Waals surface area (Å²) in [7, 11) is 0. The Kier molecular flexibility index (Phi) is 19.5. The van der Waals surface area contributed by atoms with Gasteiger partial charge in [0, 0.05) is 53.8 Å². The van der Waals surface area contributed by atoms with Gasteiger partial charge in [0.2, 0.25) is 0 Å². The van der Waals surface area contributed by atoms with Crippen molar-refractivity contribution in [1.29, 1.82) is 0 Å².